The van der Waals surface area contributed by atoms with Crippen molar-refractivity contribution < 1.29 is 9.66 Å². The molecule has 2 heterocycles. The Balaban J connectivity index is 2.04. The van der Waals surface area contributed by atoms with Gasteiger partial charge in [-0.15, -0.1) is 11.3 Å². The van der Waals surface area contributed by atoms with Gasteiger partial charge in [0.1, 0.15) is 16.8 Å². The van der Waals surface area contributed by atoms with Crippen molar-refractivity contribution >= 4 is 61.7 Å². The zero-order valence-corrected chi connectivity index (χ0v) is 14.8. The molecule has 0 N–H and O–H groups in total. The number of benzene rings is 1. The number of aromatic nitrogens is 3. The minimum absolute atomic E-state index is 0.0326. The molecule has 0 amide bonds. The third-order valence-electron chi connectivity index (χ3n) is 2.65. The average Bonchev–Trinajstić information content (AvgIpc) is 2.93. The molecule has 0 unspecified atom stereocenters. The van der Waals surface area contributed by atoms with E-state index in [1.54, 1.807) is 6.07 Å². The van der Waals surface area contributed by atoms with Gasteiger partial charge >= 0.3 is 0 Å². The normalized spacial score (nSPS) is 10.8. The van der Waals surface area contributed by atoms with E-state index in [-0.39, 0.29) is 5.69 Å². The second-order valence-corrected chi connectivity index (χ2v) is 7.20. The largest absolute Gasteiger partial charge is 0.436 e. The molecular weight excluding hydrogens is 439 g/mol. The van der Waals surface area contributed by atoms with Crippen LogP contribution in [0.25, 0.3) is 10.3 Å². The first-order valence-corrected chi connectivity index (χ1v) is 8.98. The Labute approximate surface area is 146 Å². The van der Waals surface area contributed by atoms with Crippen molar-refractivity contribution in [3.05, 3.63) is 38.2 Å². The van der Waals surface area contributed by atoms with Crippen LogP contribution in [0.15, 0.2) is 28.9 Å². The Hall–Kier alpha value is -1.53. The number of ether oxygens (including phenoxy) is 1. The van der Waals surface area contributed by atoms with Crippen molar-refractivity contribution in [1.82, 2.24) is 15.0 Å². The number of nitrogens with zero attached hydrogens (tertiary/aromatic N) is 4. The van der Waals surface area contributed by atoms with Crippen LogP contribution in [0.5, 0.6) is 11.6 Å². The van der Waals surface area contributed by atoms with Gasteiger partial charge in [0.2, 0.25) is 5.88 Å². The minimum Gasteiger partial charge on any atom is -0.436 e. The molecule has 112 valence electrons. The van der Waals surface area contributed by atoms with Crippen molar-refractivity contribution in [1.29, 1.82) is 0 Å². The van der Waals surface area contributed by atoms with Gasteiger partial charge in [0.15, 0.2) is 9.99 Å². The second kappa shape index (κ2) is 6.30. The highest BCUT2D eigenvalue weighted by atomic mass is 127. The zero-order chi connectivity index (χ0) is 15.7. The van der Waals surface area contributed by atoms with Crippen LogP contribution in [-0.2, 0) is 0 Å². The molecule has 0 radical (unpaired) electrons. The summed E-state index contributed by atoms with van der Waals surface area (Å²) >= 11 is 4.99. The highest BCUT2D eigenvalue weighted by Crippen LogP contribution is 2.36. The van der Waals surface area contributed by atoms with E-state index >= 15 is 0 Å². The first-order chi connectivity index (χ1) is 10.6. The fraction of sp³-hybridized carbons (Fsp3) is 0.0833. The van der Waals surface area contributed by atoms with Gasteiger partial charge in [-0.1, -0.05) is 11.8 Å². The molecule has 2 aromatic heterocycles. The van der Waals surface area contributed by atoms with E-state index in [1.165, 1.54) is 41.6 Å². The summed E-state index contributed by atoms with van der Waals surface area (Å²) in [4.78, 5) is 23.0. The summed E-state index contributed by atoms with van der Waals surface area (Å²) in [6, 6.07) is 4.45. The molecule has 22 heavy (non-hydrogen) atoms. The van der Waals surface area contributed by atoms with E-state index in [4.69, 9.17) is 4.74 Å². The smallest absolute Gasteiger partial charge is 0.273 e. The fourth-order valence-corrected chi connectivity index (χ4v) is 3.55. The Morgan fingerprint density at radius 1 is 1.41 bits per heavy atom. The Morgan fingerprint density at radius 3 is 2.95 bits per heavy atom. The van der Waals surface area contributed by atoms with Crippen LogP contribution in [-0.4, -0.2) is 26.1 Å². The topological polar surface area (TPSA) is 91.0 Å². The predicted molar refractivity (Wildman–Crippen MR) is 92.9 cm³/mol. The van der Waals surface area contributed by atoms with Crippen LogP contribution in [0.3, 0.4) is 0 Å². The van der Waals surface area contributed by atoms with Gasteiger partial charge in [-0.05, 0) is 34.9 Å². The Kier molecular flexibility index (Phi) is 4.40. The first-order valence-electron chi connectivity index (χ1n) is 5.86. The molecule has 3 rings (SSSR count). The molecule has 0 fully saturated rings. The minimum atomic E-state index is -0.461. The van der Waals surface area contributed by atoms with Gasteiger partial charge < -0.3 is 4.74 Å². The maximum Gasteiger partial charge on any atom is 0.273 e. The number of nitro benzene ring substituents is 1. The van der Waals surface area contributed by atoms with Gasteiger partial charge in [0.25, 0.3) is 5.69 Å². The third kappa shape index (κ3) is 2.98. The zero-order valence-electron chi connectivity index (χ0n) is 11.0. The highest BCUT2D eigenvalue weighted by Gasteiger charge is 2.16. The summed E-state index contributed by atoms with van der Waals surface area (Å²) in [6.45, 7) is 0. The van der Waals surface area contributed by atoms with Gasteiger partial charge in [-0.3, -0.25) is 10.1 Å². The van der Waals surface area contributed by atoms with Crippen molar-refractivity contribution in [2.24, 2.45) is 0 Å². The number of non-ortho nitro benzene ring substituents is 1. The van der Waals surface area contributed by atoms with E-state index in [9.17, 15) is 10.1 Å². The third-order valence-corrected chi connectivity index (χ3v) is 5.55. The van der Waals surface area contributed by atoms with Crippen molar-refractivity contribution in [3.63, 3.8) is 0 Å². The van der Waals surface area contributed by atoms with Crippen molar-refractivity contribution in [3.8, 4) is 11.6 Å². The fourth-order valence-electron chi connectivity index (χ4n) is 1.66. The standard InChI is InChI=1S/C12H7IN4O3S2/c1-21-12-16-10-9(22-12)11(15-5-14-10)20-8-4-6(17(18)19)2-3-7(8)13/h2-5H,1H3. The van der Waals surface area contributed by atoms with E-state index in [0.29, 0.717) is 22.0 Å². The number of hydrogen-bond acceptors (Lipinski definition) is 8. The summed E-state index contributed by atoms with van der Waals surface area (Å²) in [7, 11) is 0. The van der Waals surface area contributed by atoms with E-state index < -0.39 is 4.92 Å². The van der Waals surface area contributed by atoms with Crippen LogP contribution in [0.4, 0.5) is 5.69 Å². The summed E-state index contributed by atoms with van der Waals surface area (Å²) in [5, 5.41) is 10.9. The average molecular weight is 446 g/mol. The maximum absolute atomic E-state index is 10.9. The van der Waals surface area contributed by atoms with E-state index in [0.717, 1.165) is 7.91 Å². The van der Waals surface area contributed by atoms with E-state index in [1.807, 2.05) is 6.26 Å². The van der Waals surface area contributed by atoms with Crippen molar-refractivity contribution in [2.45, 2.75) is 4.34 Å². The van der Waals surface area contributed by atoms with Crippen LogP contribution in [0, 0.1) is 13.7 Å². The number of nitro groups is 1. The molecule has 10 heteroatoms. The highest BCUT2D eigenvalue weighted by molar-refractivity contribution is 14.1. The van der Waals surface area contributed by atoms with Gasteiger partial charge in [-0.25, -0.2) is 15.0 Å². The maximum atomic E-state index is 10.9. The molecule has 1 aromatic carbocycles. The van der Waals surface area contributed by atoms with E-state index in [2.05, 4.69) is 37.5 Å². The summed E-state index contributed by atoms with van der Waals surface area (Å²) < 4.78 is 8.10. The lowest BCUT2D eigenvalue weighted by Crippen LogP contribution is -1.94. The van der Waals surface area contributed by atoms with Crippen LogP contribution in [0.1, 0.15) is 0 Å². The molecule has 0 spiro atoms. The second-order valence-electron chi connectivity index (χ2n) is 3.99. The Morgan fingerprint density at radius 2 is 2.23 bits per heavy atom. The molecule has 0 saturated heterocycles. The number of rotatable bonds is 4. The molecule has 0 aliphatic rings. The van der Waals surface area contributed by atoms with Gasteiger partial charge in [-0.2, -0.15) is 0 Å². The lowest BCUT2D eigenvalue weighted by Gasteiger charge is -2.06. The SMILES string of the molecule is CSc1nc2ncnc(Oc3cc([N+](=O)[O-])ccc3I)c2s1. The number of fused-ring (bicyclic) bond motifs is 1. The molecule has 0 aliphatic carbocycles. The summed E-state index contributed by atoms with van der Waals surface area (Å²) in [6.07, 6.45) is 3.29. The lowest BCUT2D eigenvalue weighted by molar-refractivity contribution is -0.384. The number of hydrogen-bond donors (Lipinski definition) is 0. The van der Waals surface area contributed by atoms with Crippen LogP contribution < -0.4 is 4.74 Å². The Bertz CT molecular complexity index is 871. The number of thioether (sulfide) groups is 1. The summed E-state index contributed by atoms with van der Waals surface area (Å²) in [5.74, 6) is 0.732. The predicted octanol–water partition coefficient (Wildman–Crippen LogP) is 4.11. The molecule has 0 bridgehead atoms. The van der Waals surface area contributed by atoms with Crippen LogP contribution in [0.2, 0.25) is 0 Å². The molecular formula is C12H7IN4O3S2. The molecule has 3 aromatic rings. The van der Waals surface area contributed by atoms with Gasteiger partial charge in [0, 0.05) is 6.07 Å². The molecule has 0 aliphatic heterocycles. The summed E-state index contributed by atoms with van der Waals surface area (Å²) in [5.41, 5.74) is 0.523. The number of thiazole rings is 1. The van der Waals surface area contributed by atoms with Crippen LogP contribution >= 0.6 is 45.7 Å². The molecule has 0 saturated carbocycles. The van der Waals surface area contributed by atoms with Gasteiger partial charge in [0.05, 0.1) is 14.6 Å². The lowest BCUT2D eigenvalue weighted by atomic mass is 10.3. The quantitative estimate of drug-likeness (QED) is 0.258. The first kappa shape index (κ1) is 15.4. The molecule has 0 atom stereocenters. The molecule has 7 nitrogen and oxygen atoms in total. The number of halogens is 1. The van der Waals surface area contributed by atoms with Crippen molar-refractivity contribution in [2.75, 3.05) is 6.26 Å². The monoisotopic (exact) mass is 446 g/mol.